The Labute approximate surface area is 246 Å². The molecule has 4 amide bonds. The molecule has 1 aliphatic heterocycles. The van der Waals surface area contributed by atoms with Gasteiger partial charge < -0.3 is 25.6 Å². The Bertz CT molecular complexity index is 1220. The quantitative estimate of drug-likeness (QED) is 0.286. The van der Waals surface area contributed by atoms with Crippen LogP contribution in [0.15, 0.2) is 49.1 Å². The highest BCUT2D eigenvalue weighted by Crippen LogP contribution is 2.19. The summed E-state index contributed by atoms with van der Waals surface area (Å²) in [4.78, 5) is 73.7. The van der Waals surface area contributed by atoms with E-state index >= 15 is 0 Å². The number of rotatable bonds is 14. The number of carbonyl (C=O) groups excluding carboxylic acids is 5. The second kappa shape index (κ2) is 15.6. The fourth-order valence-electron chi connectivity index (χ4n) is 4.42. The van der Waals surface area contributed by atoms with E-state index in [-0.39, 0.29) is 44.0 Å². The molecule has 3 rings (SSSR count). The Morgan fingerprint density at radius 1 is 0.976 bits per heavy atom. The summed E-state index contributed by atoms with van der Waals surface area (Å²) in [6.45, 7) is 7.95. The molecule has 226 valence electrons. The van der Waals surface area contributed by atoms with Gasteiger partial charge in [-0.3, -0.25) is 19.2 Å². The van der Waals surface area contributed by atoms with E-state index in [0.29, 0.717) is 12.8 Å². The molecule has 12 heteroatoms. The number of likely N-dealkylation sites (tertiary alicyclic amines) is 1. The van der Waals surface area contributed by atoms with Crippen LogP contribution in [0, 0.1) is 17.8 Å². The number of ether oxygens (including phenoxy) is 1. The fraction of sp³-hybridized carbons (Fsp3) is 0.500. The third kappa shape index (κ3) is 9.35. The zero-order chi connectivity index (χ0) is 30.6. The summed E-state index contributed by atoms with van der Waals surface area (Å²) in [5.41, 5.74) is 1.55. The number of alkyl carbamates (subject to hydrolysis) is 1. The minimum Gasteiger partial charge on any atom is -0.445 e. The first kappa shape index (κ1) is 32.2. The summed E-state index contributed by atoms with van der Waals surface area (Å²) in [6, 6.07) is 7.10. The van der Waals surface area contributed by atoms with Crippen molar-refractivity contribution in [3.8, 4) is 0 Å². The molecule has 1 unspecified atom stereocenters. The summed E-state index contributed by atoms with van der Waals surface area (Å²) >= 11 is 0. The number of carbonyl (C=O) groups is 5. The van der Waals surface area contributed by atoms with Crippen molar-refractivity contribution >= 4 is 29.6 Å². The van der Waals surface area contributed by atoms with Crippen LogP contribution in [0.5, 0.6) is 0 Å². The van der Waals surface area contributed by atoms with Gasteiger partial charge in [0.15, 0.2) is 0 Å². The number of nitrogens with zero attached hydrogens (tertiary/aromatic N) is 3. The average molecular weight is 581 g/mol. The molecular weight excluding hydrogens is 540 g/mol. The molecule has 1 saturated heterocycles. The monoisotopic (exact) mass is 580 g/mol. The highest BCUT2D eigenvalue weighted by molar-refractivity contribution is 6.38. The largest absolute Gasteiger partial charge is 0.445 e. The van der Waals surface area contributed by atoms with Gasteiger partial charge in [-0.25, -0.2) is 14.8 Å². The Kier molecular flexibility index (Phi) is 11.9. The van der Waals surface area contributed by atoms with Gasteiger partial charge in [0.25, 0.3) is 5.91 Å². The molecule has 3 atom stereocenters. The standard InChI is InChI=1S/C30H40N6O6/c1-5-20(4)25(26(37)29(40)36-15-23(16-36)27(38)33-14-22-12-31-18-32-13-22)35-28(39)24(11-19(2)3)34-30(41)42-17-21-9-7-6-8-10-21/h6-10,12-13,18-20,23-25H,5,11,14-17H2,1-4H3,(H,33,38)(H,34,41)(H,35,39)/t20-,24-,25?/m0/s1. The van der Waals surface area contributed by atoms with E-state index < -0.39 is 41.7 Å². The second-order valence-corrected chi connectivity index (χ2v) is 11.0. The lowest BCUT2D eigenvalue weighted by molar-refractivity contribution is -0.153. The molecule has 0 aliphatic carbocycles. The van der Waals surface area contributed by atoms with Crippen LogP contribution in [0.1, 0.15) is 51.7 Å². The average Bonchev–Trinajstić information content (AvgIpc) is 2.96. The molecule has 0 saturated carbocycles. The number of benzene rings is 1. The van der Waals surface area contributed by atoms with Crippen LogP contribution in [0.2, 0.25) is 0 Å². The first-order chi connectivity index (χ1) is 20.1. The molecule has 1 aromatic heterocycles. The van der Waals surface area contributed by atoms with E-state index in [1.165, 1.54) is 11.2 Å². The normalized spacial score (nSPS) is 15.1. The van der Waals surface area contributed by atoms with Crippen molar-refractivity contribution in [2.45, 2.75) is 65.8 Å². The summed E-state index contributed by atoms with van der Waals surface area (Å²) < 4.78 is 5.28. The number of ketones is 1. The molecule has 0 spiro atoms. The summed E-state index contributed by atoms with van der Waals surface area (Å²) in [5.74, 6) is -3.05. The van der Waals surface area contributed by atoms with E-state index in [4.69, 9.17) is 4.74 Å². The van der Waals surface area contributed by atoms with Gasteiger partial charge in [0, 0.05) is 37.6 Å². The highest BCUT2D eigenvalue weighted by Gasteiger charge is 2.41. The molecule has 1 fully saturated rings. The SMILES string of the molecule is CC[C@H](C)C(NC(=O)[C@H](CC(C)C)NC(=O)OCc1ccccc1)C(=O)C(=O)N1CC(C(=O)NCc2cncnc2)C1. The maximum atomic E-state index is 13.3. The second-order valence-electron chi connectivity index (χ2n) is 11.0. The van der Waals surface area contributed by atoms with Crippen molar-refractivity contribution < 1.29 is 28.7 Å². The van der Waals surface area contributed by atoms with Gasteiger partial charge in [0.1, 0.15) is 19.0 Å². The van der Waals surface area contributed by atoms with Crippen LogP contribution >= 0.6 is 0 Å². The maximum absolute atomic E-state index is 13.3. The zero-order valence-corrected chi connectivity index (χ0v) is 24.5. The van der Waals surface area contributed by atoms with Gasteiger partial charge in [-0.15, -0.1) is 0 Å². The van der Waals surface area contributed by atoms with Crippen molar-refractivity contribution in [2.75, 3.05) is 13.1 Å². The Hall–Kier alpha value is -4.35. The Morgan fingerprint density at radius 3 is 2.26 bits per heavy atom. The minimum atomic E-state index is -1.09. The first-order valence-corrected chi connectivity index (χ1v) is 14.2. The van der Waals surface area contributed by atoms with Gasteiger partial charge >= 0.3 is 6.09 Å². The number of amides is 4. The molecule has 1 aromatic carbocycles. The summed E-state index contributed by atoms with van der Waals surface area (Å²) in [5, 5.41) is 8.10. The van der Waals surface area contributed by atoms with Crippen LogP contribution in [0.3, 0.4) is 0 Å². The number of nitrogens with one attached hydrogen (secondary N) is 3. The number of aromatic nitrogens is 2. The number of Topliss-reactive ketones (excluding diaryl/α,β-unsaturated/α-hetero) is 1. The maximum Gasteiger partial charge on any atom is 0.408 e. The van der Waals surface area contributed by atoms with E-state index in [9.17, 15) is 24.0 Å². The number of hydrogen-bond donors (Lipinski definition) is 3. The first-order valence-electron chi connectivity index (χ1n) is 14.2. The van der Waals surface area contributed by atoms with E-state index in [1.54, 1.807) is 19.3 Å². The van der Waals surface area contributed by atoms with Gasteiger partial charge in [-0.2, -0.15) is 0 Å². The lowest BCUT2D eigenvalue weighted by Gasteiger charge is -2.38. The topological polar surface area (TPSA) is 160 Å². The molecular formula is C30H40N6O6. The summed E-state index contributed by atoms with van der Waals surface area (Å²) in [7, 11) is 0. The van der Waals surface area contributed by atoms with Crippen molar-refractivity contribution in [3.05, 3.63) is 60.2 Å². The lowest BCUT2D eigenvalue weighted by atomic mass is 9.91. The molecule has 2 aromatic rings. The van der Waals surface area contributed by atoms with Crippen molar-refractivity contribution in [2.24, 2.45) is 17.8 Å². The van der Waals surface area contributed by atoms with Crippen LogP contribution in [-0.4, -0.2) is 69.6 Å². The third-order valence-corrected chi connectivity index (χ3v) is 7.15. The summed E-state index contributed by atoms with van der Waals surface area (Å²) in [6.07, 6.45) is 4.67. The van der Waals surface area contributed by atoms with E-state index in [2.05, 4.69) is 25.9 Å². The molecule has 2 heterocycles. The van der Waals surface area contributed by atoms with Gasteiger partial charge in [0.2, 0.25) is 17.6 Å². The Morgan fingerprint density at radius 2 is 1.64 bits per heavy atom. The smallest absolute Gasteiger partial charge is 0.408 e. The molecule has 12 nitrogen and oxygen atoms in total. The van der Waals surface area contributed by atoms with Crippen LogP contribution in [0.4, 0.5) is 4.79 Å². The van der Waals surface area contributed by atoms with Crippen LogP contribution < -0.4 is 16.0 Å². The number of hydrogen-bond acceptors (Lipinski definition) is 8. The van der Waals surface area contributed by atoms with Crippen LogP contribution in [0.25, 0.3) is 0 Å². The van der Waals surface area contributed by atoms with E-state index in [0.717, 1.165) is 11.1 Å². The van der Waals surface area contributed by atoms with Crippen molar-refractivity contribution in [1.82, 2.24) is 30.8 Å². The minimum absolute atomic E-state index is 0.0424. The molecule has 0 bridgehead atoms. The molecule has 1 aliphatic rings. The third-order valence-electron chi connectivity index (χ3n) is 7.15. The fourth-order valence-corrected chi connectivity index (χ4v) is 4.42. The lowest BCUT2D eigenvalue weighted by Crippen LogP contribution is -2.61. The highest BCUT2D eigenvalue weighted by atomic mass is 16.5. The van der Waals surface area contributed by atoms with Gasteiger partial charge in [0.05, 0.1) is 12.0 Å². The molecule has 0 radical (unpaired) electrons. The predicted molar refractivity (Wildman–Crippen MR) is 153 cm³/mol. The molecule has 3 N–H and O–H groups in total. The Balaban J connectivity index is 1.56. The zero-order valence-electron chi connectivity index (χ0n) is 24.5. The molecule has 42 heavy (non-hydrogen) atoms. The van der Waals surface area contributed by atoms with E-state index in [1.807, 2.05) is 51.1 Å². The van der Waals surface area contributed by atoms with Crippen LogP contribution in [-0.2, 0) is 37.1 Å². The van der Waals surface area contributed by atoms with Gasteiger partial charge in [-0.05, 0) is 23.8 Å². The van der Waals surface area contributed by atoms with Gasteiger partial charge in [-0.1, -0.05) is 64.4 Å². The predicted octanol–water partition coefficient (Wildman–Crippen LogP) is 1.99. The van der Waals surface area contributed by atoms with Crippen molar-refractivity contribution in [1.29, 1.82) is 0 Å². The van der Waals surface area contributed by atoms with Crippen molar-refractivity contribution in [3.63, 3.8) is 0 Å².